The van der Waals surface area contributed by atoms with Crippen molar-refractivity contribution in [1.82, 2.24) is 9.78 Å². The minimum atomic E-state index is -1.38. The van der Waals surface area contributed by atoms with Crippen LogP contribution in [0.15, 0.2) is 35.2 Å². The first-order valence-corrected chi connectivity index (χ1v) is 7.66. The average molecular weight is 280 g/mol. The summed E-state index contributed by atoms with van der Waals surface area (Å²) in [5, 5.41) is 4.40. The lowest BCUT2D eigenvalue weighted by atomic mass is 10.3. The van der Waals surface area contributed by atoms with Crippen molar-refractivity contribution in [1.29, 1.82) is 0 Å². The third kappa shape index (κ3) is 3.10. The Morgan fingerprint density at radius 1 is 1.32 bits per heavy atom. The van der Waals surface area contributed by atoms with Crippen LogP contribution in [-0.4, -0.2) is 14.0 Å². The molecule has 0 spiro atoms. The summed E-state index contributed by atoms with van der Waals surface area (Å²) >= 11 is 0. The summed E-state index contributed by atoms with van der Waals surface area (Å²) in [6, 6.07) is 8.15. The first kappa shape index (κ1) is 13.9. The fourth-order valence-corrected chi connectivity index (χ4v) is 3.09. The Bertz CT molecular complexity index is 595. The molecule has 0 radical (unpaired) electrons. The van der Waals surface area contributed by atoms with Gasteiger partial charge in [0.2, 0.25) is 0 Å². The summed E-state index contributed by atoms with van der Waals surface area (Å²) in [6.45, 7) is 4.74. The van der Waals surface area contributed by atoms with E-state index in [0.29, 0.717) is 5.75 Å². The standard InChI is InChI=1S/C14H17FN2OS/c1-3-11-9-12(17(4-2)16-11)10-19(18)14-8-6-5-7-13(14)15/h5-9H,3-4,10H2,1-2H3. The van der Waals surface area contributed by atoms with Gasteiger partial charge in [-0.3, -0.25) is 8.89 Å². The number of halogens is 1. The van der Waals surface area contributed by atoms with Gasteiger partial charge in [0.05, 0.1) is 32.8 Å². The van der Waals surface area contributed by atoms with Crippen LogP contribution in [0, 0.1) is 5.82 Å². The summed E-state index contributed by atoms with van der Waals surface area (Å²) in [4.78, 5) is 0.254. The Morgan fingerprint density at radius 2 is 2.05 bits per heavy atom. The molecule has 0 bridgehead atoms. The van der Waals surface area contributed by atoms with Gasteiger partial charge in [0.25, 0.3) is 0 Å². The SMILES string of the molecule is CCc1cc(CS(=O)c2ccccc2F)n(CC)n1. The van der Waals surface area contributed by atoms with Crippen molar-refractivity contribution >= 4 is 10.8 Å². The van der Waals surface area contributed by atoms with Crippen molar-refractivity contribution in [3.05, 3.63) is 47.5 Å². The summed E-state index contributed by atoms with van der Waals surface area (Å²) in [7, 11) is -1.38. The van der Waals surface area contributed by atoms with Crippen LogP contribution in [0.25, 0.3) is 0 Å². The van der Waals surface area contributed by atoms with Crippen molar-refractivity contribution in [3.8, 4) is 0 Å². The van der Waals surface area contributed by atoms with Gasteiger partial charge in [-0.2, -0.15) is 5.10 Å². The smallest absolute Gasteiger partial charge is 0.139 e. The predicted molar refractivity (Wildman–Crippen MR) is 73.8 cm³/mol. The van der Waals surface area contributed by atoms with Crippen LogP contribution in [0.3, 0.4) is 0 Å². The molecular formula is C14H17FN2OS. The van der Waals surface area contributed by atoms with Crippen LogP contribution in [0.5, 0.6) is 0 Å². The predicted octanol–water partition coefficient (Wildman–Crippen LogP) is 2.91. The molecule has 1 aromatic heterocycles. The van der Waals surface area contributed by atoms with Crippen molar-refractivity contribution in [2.45, 2.75) is 37.5 Å². The summed E-state index contributed by atoms with van der Waals surface area (Å²) in [6.07, 6.45) is 0.840. The number of rotatable bonds is 5. The van der Waals surface area contributed by atoms with Crippen molar-refractivity contribution in [2.75, 3.05) is 0 Å². The van der Waals surface area contributed by atoms with Crippen LogP contribution >= 0.6 is 0 Å². The highest BCUT2D eigenvalue weighted by Gasteiger charge is 2.13. The van der Waals surface area contributed by atoms with Crippen LogP contribution in [0.1, 0.15) is 25.2 Å². The van der Waals surface area contributed by atoms with Gasteiger partial charge >= 0.3 is 0 Å². The average Bonchev–Trinajstić information content (AvgIpc) is 2.81. The molecule has 0 aliphatic carbocycles. The highest BCUT2D eigenvalue weighted by Crippen LogP contribution is 2.16. The maximum absolute atomic E-state index is 13.6. The Labute approximate surface area is 114 Å². The number of hydrogen-bond donors (Lipinski definition) is 0. The van der Waals surface area contributed by atoms with E-state index in [9.17, 15) is 8.60 Å². The largest absolute Gasteiger partial charge is 0.269 e. The zero-order valence-corrected chi connectivity index (χ0v) is 11.9. The van der Waals surface area contributed by atoms with Crippen LogP contribution in [-0.2, 0) is 29.5 Å². The van der Waals surface area contributed by atoms with Crippen LogP contribution in [0.4, 0.5) is 4.39 Å². The van der Waals surface area contributed by atoms with Gasteiger partial charge in [-0.25, -0.2) is 4.39 Å². The first-order valence-electron chi connectivity index (χ1n) is 6.34. The maximum Gasteiger partial charge on any atom is 0.139 e. The highest BCUT2D eigenvalue weighted by molar-refractivity contribution is 7.84. The molecule has 0 saturated heterocycles. The van der Waals surface area contributed by atoms with Gasteiger partial charge < -0.3 is 0 Å². The second-order valence-corrected chi connectivity index (χ2v) is 5.64. The van der Waals surface area contributed by atoms with E-state index in [1.54, 1.807) is 18.2 Å². The van der Waals surface area contributed by atoms with E-state index in [-0.39, 0.29) is 4.90 Å². The molecule has 102 valence electrons. The Hall–Kier alpha value is -1.49. The van der Waals surface area contributed by atoms with E-state index >= 15 is 0 Å². The van der Waals surface area contributed by atoms with Crippen molar-refractivity contribution in [3.63, 3.8) is 0 Å². The monoisotopic (exact) mass is 280 g/mol. The quantitative estimate of drug-likeness (QED) is 0.844. The topological polar surface area (TPSA) is 34.9 Å². The second-order valence-electron chi connectivity index (χ2n) is 4.22. The number of benzene rings is 1. The molecule has 0 amide bonds. The molecule has 1 unspecified atom stereocenters. The summed E-state index contributed by atoms with van der Waals surface area (Å²) < 4.78 is 27.6. The van der Waals surface area contributed by atoms with E-state index in [4.69, 9.17) is 0 Å². The third-order valence-electron chi connectivity index (χ3n) is 2.94. The Morgan fingerprint density at radius 3 is 2.68 bits per heavy atom. The van der Waals surface area contributed by atoms with E-state index < -0.39 is 16.6 Å². The number of aromatic nitrogens is 2. The Kier molecular flexibility index (Phi) is 4.47. The van der Waals surface area contributed by atoms with Gasteiger partial charge in [-0.1, -0.05) is 19.1 Å². The Balaban J connectivity index is 2.24. The molecular weight excluding hydrogens is 263 g/mol. The fraction of sp³-hybridized carbons (Fsp3) is 0.357. The van der Waals surface area contributed by atoms with Gasteiger partial charge in [0.1, 0.15) is 5.82 Å². The third-order valence-corrected chi connectivity index (χ3v) is 4.32. The molecule has 0 aliphatic rings. The molecule has 5 heteroatoms. The second kappa shape index (κ2) is 6.10. The molecule has 3 nitrogen and oxygen atoms in total. The first-order chi connectivity index (χ1) is 9.15. The zero-order chi connectivity index (χ0) is 13.8. The lowest BCUT2D eigenvalue weighted by Crippen LogP contribution is -2.07. The zero-order valence-electron chi connectivity index (χ0n) is 11.1. The summed E-state index contributed by atoms with van der Waals surface area (Å²) in [5.41, 5.74) is 1.86. The van der Waals surface area contributed by atoms with Gasteiger partial charge in [-0.05, 0) is 31.5 Å². The molecule has 0 N–H and O–H groups in total. The number of aryl methyl sites for hydroxylation is 2. The minimum absolute atomic E-state index is 0.254. The van der Waals surface area contributed by atoms with Crippen LogP contribution < -0.4 is 0 Å². The van der Waals surface area contributed by atoms with Gasteiger partial charge in [-0.15, -0.1) is 0 Å². The molecule has 2 rings (SSSR count). The molecule has 1 aromatic carbocycles. The number of hydrogen-bond acceptors (Lipinski definition) is 2. The van der Waals surface area contributed by atoms with E-state index in [0.717, 1.165) is 24.4 Å². The highest BCUT2D eigenvalue weighted by atomic mass is 32.2. The van der Waals surface area contributed by atoms with E-state index in [1.807, 2.05) is 24.6 Å². The molecule has 0 fully saturated rings. The van der Waals surface area contributed by atoms with Crippen LogP contribution in [0.2, 0.25) is 0 Å². The number of nitrogens with zero attached hydrogens (tertiary/aromatic N) is 2. The molecule has 0 aliphatic heterocycles. The lowest BCUT2D eigenvalue weighted by molar-refractivity contribution is 0.593. The summed E-state index contributed by atoms with van der Waals surface area (Å²) in [5.74, 6) is -0.124. The molecule has 2 aromatic rings. The molecule has 1 heterocycles. The van der Waals surface area contributed by atoms with E-state index in [2.05, 4.69) is 5.10 Å². The fourth-order valence-electron chi connectivity index (χ4n) is 1.92. The lowest BCUT2D eigenvalue weighted by Gasteiger charge is -2.05. The maximum atomic E-state index is 13.6. The molecule has 1 atom stereocenters. The van der Waals surface area contributed by atoms with E-state index in [1.165, 1.54) is 6.07 Å². The van der Waals surface area contributed by atoms with Crippen molar-refractivity contribution in [2.24, 2.45) is 0 Å². The van der Waals surface area contributed by atoms with Gasteiger partial charge in [0.15, 0.2) is 0 Å². The minimum Gasteiger partial charge on any atom is -0.269 e. The van der Waals surface area contributed by atoms with Gasteiger partial charge in [0, 0.05) is 6.54 Å². The normalized spacial score (nSPS) is 12.6. The van der Waals surface area contributed by atoms with Crippen molar-refractivity contribution < 1.29 is 8.60 Å². The molecule has 0 saturated carbocycles. The molecule has 19 heavy (non-hydrogen) atoms.